The lowest BCUT2D eigenvalue weighted by atomic mass is 9.85. The first kappa shape index (κ1) is 16.9. The first-order chi connectivity index (χ1) is 11.4. The zero-order valence-corrected chi connectivity index (χ0v) is 15.3. The van der Waals surface area contributed by atoms with Gasteiger partial charge in [0.05, 0.1) is 11.0 Å². The Morgan fingerprint density at radius 3 is 2.42 bits per heavy atom. The molecule has 0 aliphatic heterocycles. The Morgan fingerprint density at radius 2 is 1.71 bits per heavy atom. The van der Waals surface area contributed by atoms with E-state index in [1.807, 2.05) is 0 Å². The van der Waals surface area contributed by atoms with Crippen LogP contribution in [0.2, 0.25) is 0 Å². The lowest BCUT2D eigenvalue weighted by Gasteiger charge is -2.20. The van der Waals surface area contributed by atoms with Gasteiger partial charge >= 0.3 is 0 Å². The van der Waals surface area contributed by atoms with Crippen LogP contribution in [0.25, 0.3) is 12.2 Å². The average Bonchev–Trinajstić information content (AvgIpc) is 2.59. The largest absolute Gasteiger partial charge is 0.241 e. The molecule has 3 rings (SSSR count). The molecule has 0 fully saturated rings. The third-order valence-corrected chi connectivity index (χ3v) is 5.01. The van der Waals surface area contributed by atoms with E-state index < -0.39 is 0 Å². The van der Waals surface area contributed by atoms with E-state index in [2.05, 4.69) is 74.1 Å². The number of aromatic nitrogens is 2. The van der Waals surface area contributed by atoms with Crippen molar-refractivity contribution in [3.8, 4) is 0 Å². The van der Waals surface area contributed by atoms with E-state index in [1.54, 1.807) is 6.33 Å². The van der Waals surface area contributed by atoms with Gasteiger partial charge in [-0.2, -0.15) is 0 Å². The molecule has 1 aliphatic carbocycles. The summed E-state index contributed by atoms with van der Waals surface area (Å²) >= 11 is 0. The highest BCUT2D eigenvalue weighted by atomic mass is 14.8. The van der Waals surface area contributed by atoms with Crippen molar-refractivity contribution in [2.24, 2.45) is 0 Å². The topological polar surface area (TPSA) is 25.8 Å². The Kier molecular flexibility index (Phi) is 4.84. The fourth-order valence-corrected chi connectivity index (χ4v) is 3.31. The highest BCUT2D eigenvalue weighted by Gasteiger charge is 2.14. The van der Waals surface area contributed by atoms with Gasteiger partial charge in [-0.25, -0.2) is 9.97 Å². The van der Waals surface area contributed by atoms with E-state index in [4.69, 9.17) is 0 Å². The van der Waals surface area contributed by atoms with E-state index >= 15 is 0 Å². The molecule has 0 bridgehead atoms. The second-order valence-corrected chi connectivity index (χ2v) is 7.92. The van der Waals surface area contributed by atoms with E-state index in [1.165, 1.54) is 22.0 Å². The van der Waals surface area contributed by atoms with Crippen LogP contribution in [-0.4, -0.2) is 9.97 Å². The first-order valence-corrected chi connectivity index (χ1v) is 9.06. The van der Waals surface area contributed by atoms with Gasteiger partial charge in [-0.3, -0.25) is 0 Å². The summed E-state index contributed by atoms with van der Waals surface area (Å²) in [7, 11) is 0. The number of rotatable bonds is 4. The van der Waals surface area contributed by atoms with Gasteiger partial charge in [-0.15, -0.1) is 0 Å². The number of fused-ring (bicyclic) bond motifs is 1. The Hall–Kier alpha value is -1.96. The molecule has 0 saturated heterocycles. The molecular weight excluding hydrogens is 292 g/mol. The summed E-state index contributed by atoms with van der Waals surface area (Å²) < 4.78 is 0. The highest BCUT2D eigenvalue weighted by molar-refractivity contribution is 5.37. The van der Waals surface area contributed by atoms with Crippen LogP contribution in [0.15, 0.2) is 30.6 Å². The van der Waals surface area contributed by atoms with Crippen LogP contribution in [0.1, 0.15) is 69.7 Å². The molecule has 1 atom stereocenters. The van der Waals surface area contributed by atoms with Crippen molar-refractivity contribution in [3.05, 3.63) is 58.0 Å². The third-order valence-electron chi connectivity index (χ3n) is 5.01. The van der Waals surface area contributed by atoms with Crippen molar-refractivity contribution in [1.29, 1.82) is 0 Å². The zero-order valence-electron chi connectivity index (χ0n) is 15.3. The molecule has 0 spiro atoms. The number of hydrogen-bond acceptors (Lipinski definition) is 2. The monoisotopic (exact) mass is 320 g/mol. The molecule has 0 amide bonds. The van der Waals surface area contributed by atoms with Crippen molar-refractivity contribution in [3.63, 3.8) is 0 Å². The van der Waals surface area contributed by atoms with Gasteiger partial charge in [0.25, 0.3) is 0 Å². The fourth-order valence-electron chi connectivity index (χ4n) is 3.31. The quantitative estimate of drug-likeness (QED) is 0.855. The maximum Gasteiger partial charge on any atom is 0.116 e. The van der Waals surface area contributed by atoms with Crippen LogP contribution in [0, 0.1) is 0 Å². The SMILES string of the molecule is CC(CCc1ncnc2c1=CCCC=2)c1ccc(C(C)(C)C)cc1. The zero-order chi connectivity index (χ0) is 17.2. The molecular formula is C22H28N2. The van der Waals surface area contributed by atoms with Gasteiger partial charge in [0.2, 0.25) is 0 Å². The molecule has 1 unspecified atom stereocenters. The third kappa shape index (κ3) is 3.75. The van der Waals surface area contributed by atoms with Gasteiger partial charge in [0.1, 0.15) is 6.33 Å². The molecule has 1 heterocycles. The summed E-state index contributed by atoms with van der Waals surface area (Å²) in [4.78, 5) is 8.94. The van der Waals surface area contributed by atoms with E-state index in [0.717, 1.165) is 31.0 Å². The lowest BCUT2D eigenvalue weighted by molar-refractivity contribution is 0.589. The molecule has 1 aromatic heterocycles. The van der Waals surface area contributed by atoms with E-state index in [9.17, 15) is 0 Å². The average molecular weight is 320 g/mol. The normalized spacial score (nSPS) is 15.2. The summed E-state index contributed by atoms with van der Waals surface area (Å²) in [5.41, 5.74) is 4.23. The van der Waals surface area contributed by atoms with Gasteiger partial charge in [0.15, 0.2) is 0 Å². The predicted molar refractivity (Wildman–Crippen MR) is 101 cm³/mol. The van der Waals surface area contributed by atoms with Gasteiger partial charge < -0.3 is 0 Å². The summed E-state index contributed by atoms with van der Waals surface area (Å²) in [5.74, 6) is 0.539. The molecule has 0 radical (unpaired) electrons. The van der Waals surface area contributed by atoms with E-state index in [0.29, 0.717) is 5.92 Å². The molecule has 1 aromatic carbocycles. The van der Waals surface area contributed by atoms with Crippen LogP contribution in [0.4, 0.5) is 0 Å². The number of nitrogens with zero attached hydrogens (tertiary/aromatic N) is 2. The molecule has 1 aliphatic rings. The Balaban J connectivity index is 1.72. The minimum absolute atomic E-state index is 0.216. The minimum atomic E-state index is 0.216. The molecule has 2 heteroatoms. The summed E-state index contributed by atoms with van der Waals surface area (Å²) in [6.07, 6.45) is 10.6. The number of aryl methyl sites for hydroxylation is 1. The summed E-state index contributed by atoms with van der Waals surface area (Å²) in [6, 6.07) is 9.14. The van der Waals surface area contributed by atoms with Crippen molar-refractivity contribution in [1.82, 2.24) is 9.97 Å². The Bertz CT molecular complexity index is 811. The smallest absolute Gasteiger partial charge is 0.116 e. The fraction of sp³-hybridized carbons (Fsp3) is 0.455. The van der Waals surface area contributed by atoms with Crippen LogP contribution in [0.5, 0.6) is 0 Å². The van der Waals surface area contributed by atoms with Crippen LogP contribution >= 0.6 is 0 Å². The van der Waals surface area contributed by atoms with E-state index in [-0.39, 0.29) is 5.41 Å². The van der Waals surface area contributed by atoms with Crippen LogP contribution < -0.4 is 10.6 Å². The summed E-state index contributed by atoms with van der Waals surface area (Å²) in [6.45, 7) is 9.10. The predicted octanol–water partition coefficient (Wildman–Crippen LogP) is 3.87. The molecule has 0 saturated carbocycles. The summed E-state index contributed by atoms with van der Waals surface area (Å²) in [5, 5.41) is 2.38. The van der Waals surface area contributed by atoms with Crippen molar-refractivity contribution < 1.29 is 0 Å². The maximum atomic E-state index is 4.54. The minimum Gasteiger partial charge on any atom is -0.241 e. The molecule has 24 heavy (non-hydrogen) atoms. The molecule has 2 aromatic rings. The Morgan fingerprint density at radius 1 is 1.00 bits per heavy atom. The standard InChI is InChI=1S/C22H28N2/c1-16(17-10-12-18(13-11-17)22(2,3)4)9-14-21-19-7-5-6-8-20(19)23-15-24-21/h7-8,10-13,15-16H,5-6,9,14H2,1-4H3. The second-order valence-electron chi connectivity index (χ2n) is 7.92. The van der Waals surface area contributed by atoms with Gasteiger partial charge in [0, 0.05) is 5.22 Å². The van der Waals surface area contributed by atoms with Crippen molar-refractivity contribution >= 4 is 12.2 Å². The Labute approximate surface area is 145 Å². The lowest BCUT2D eigenvalue weighted by Crippen LogP contribution is -2.34. The second kappa shape index (κ2) is 6.88. The highest BCUT2D eigenvalue weighted by Crippen LogP contribution is 2.26. The van der Waals surface area contributed by atoms with Gasteiger partial charge in [-0.05, 0) is 48.1 Å². The number of hydrogen-bond donors (Lipinski definition) is 0. The van der Waals surface area contributed by atoms with Crippen LogP contribution in [0.3, 0.4) is 0 Å². The van der Waals surface area contributed by atoms with Crippen molar-refractivity contribution in [2.45, 2.75) is 64.7 Å². The molecule has 2 nitrogen and oxygen atoms in total. The molecule has 126 valence electrons. The van der Waals surface area contributed by atoms with Gasteiger partial charge in [-0.1, -0.05) is 64.1 Å². The van der Waals surface area contributed by atoms with Crippen molar-refractivity contribution in [2.75, 3.05) is 0 Å². The first-order valence-electron chi connectivity index (χ1n) is 9.06. The maximum absolute atomic E-state index is 4.54. The molecule has 0 N–H and O–H groups in total. The number of benzene rings is 1. The van der Waals surface area contributed by atoms with Crippen LogP contribution in [-0.2, 0) is 11.8 Å².